The Morgan fingerprint density at radius 2 is 1.86 bits per heavy atom. The SMILES string of the molecule is CNCC(=O)N(C)CCN(C)Cc1c[nH]c2ncnc(Nc3cccc(CCC(=O)O)c3)c12.Cl.Cl.Cl. The Kier molecular flexibility index (Phi) is 15.0. The zero-order valence-electron chi connectivity index (χ0n) is 20.5. The van der Waals surface area contributed by atoms with Crippen LogP contribution in [0, 0.1) is 0 Å². The second-order valence-corrected chi connectivity index (χ2v) is 8.06. The fourth-order valence-corrected chi connectivity index (χ4v) is 3.54. The van der Waals surface area contributed by atoms with Gasteiger partial charge in [-0.3, -0.25) is 9.59 Å². The average Bonchev–Trinajstić information content (AvgIpc) is 3.20. The minimum Gasteiger partial charge on any atom is -0.481 e. The number of aromatic amines is 1. The van der Waals surface area contributed by atoms with Gasteiger partial charge in [-0.25, -0.2) is 9.97 Å². The van der Waals surface area contributed by atoms with Gasteiger partial charge in [-0.05, 0) is 43.8 Å². The first-order valence-electron chi connectivity index (χ1n) is 10.8. The van der Waals surface area contributed by atoms with Crippen LogP contribution < -0.4 is 10.6 Å². The Hall–Kier alpha value is -2.63. The van der Waals surface area contributed by atoms with Gasteiger partial charge in [-0.2, -0.15) is 0 Å². The zero-order valence-corrected chi connectivity index (χ0v) is 22.9. The molecule has 0 aliphatic heterocycles. The van der Waals surface area contributed by atoms with E-state index in [0.717, 1.165) is 34.4 Å². The van der Waals surface area contributed by atoms with E-state index in [1.807, 2.05) is 37.5 Å². The Morgan fingerprint density at radius 1 is 1.11 bits per heavy atom. The first-order valence-corrected chi connectivity index (χ1v) is 10.8. The predicted molar refractivity (Wildman–Crippen MR) is 149 cm³/mol. The van der Waals surface area contributed by atoms with Gasteiger partial charge in [-0.1, -0.05) is 12.1 Å². The number of likely N-dealkylation sites (N-methyl/N-ethyl adjacent to an activating group) is 3. The molecule has 0 spiro atoms. The molecule has 0 bridgehead atoms. The summed E-state index contributed by atoms with van der Waals surface area (Å²) < 4.78 is 0. The normalized spacial score (nSPS) is 10.2. The van der Waals surface area contributed by atoms with Crippen molar-refractivity contribution in [3.63, 3.8) is 0 Å². The third-order valence-corrected chi connectivity index (χ3v) is 5.38. The van der Waals surface area contributed by atoms with E-state index in [2.05, 4.69) is 30.5 Å². The maximum atomic E-state index is 11.9. The van der Waals surface area contributed by atoms with Crippen LogP contribution in [0.5, 0.6) is 0 Å². The van der Waals surface area contributed by atoms with Gasteiger partial charge in [0.1, 0.15) is 17.8 Å². The van der Waals surface area contributed by atoms with Crippen LogP contribution in [-0.2, 0) is 22.6 Å². The number of hydrogen-bond acceptors (Lipinski definition) is 7. The molecule has 3 rings (SSSR count). The van der Waals surface area contributed by atoms with Gasteiger partial charge >= 0.3 is 5.97 Å². The molecule has 0 radical (unpaired) electrons. The first-order chi connectivity index (χ1) is 15.9. The lowest BCUT2D eigenvalue weighted by atomic mass is 10.1. The van der Waals surface area contributed by atoms with Crippen LogP contribution in [0.25, 0.3) is 11.0 Å². The van der Waals surface area contributed by atoms with Crippen molar-refractivity contribution in [3.8, 4) is 0 Å². The number of amides is 1. The maximum Gasteiger partial charge on any atom is 0.303 e. The number of carbonyl (C=O) groups is 2. The molecule has 2 aromatic heterocycles. The Bertz CT molecular complexity index is 1110. The van der Waals surface area contributed by atoms with Crippen molar-refractivity contribution in [2.75, 3.05) is 46.1 Å². The van der Waals surface area contributed by atoms with Gasteiger partial charge < -0.3 is 30.5 Å². The summed E-state index contributed by atoms with van der Waals surface area (Å²) in [5.74, 6) is -0.0747. The van der Waals surface area contributed by atoms with Crippen molar-refractivity contribution in [1.82, 2.24) is 30.1 Å². The molecular weight excluding hydrogens is 529 g/mol. The standard InChI is InChI=1S/C23H31N7O3.3ClH/c1-24-13-19(31)30(3)10-9-29(2)14-17-12-25-22-21(17)23(27-15-26-22)28-18-6-4-5-16(11-18)7-8-20(32)33;;;/h4-6,11-12,15,24H,7-10,13-14H2,1-3H3,(H,32,33)(H2,25,26,27,28);3*1H. The van der Waals surface area contributed by atoms with Crippen LogP contribution in [0.1, 0.15) is 17.5 Å². The third kappa shape index (κ3) is 9.44. The Morgan fingerprint density at radius 3 is 2.56 bits per heavy atom. The predicted octanol–water partition coefficient (Wildman–Crippen LogP) is 3.09. The third-order valence-electron chi connectivity index (χ3n) is 5.38. The monoisotopic (exact) mass is 561 g/mol. The number of halogens is 3. The van der Waals surface area contributed by atoms with Crippen molar-refractivity contribution >= 4 is 71.6 Å². The van der Waals surface area contributed by atoms with E-state index in [4.69, 9.17) is 5.11 Å². The summed E-state index contributed by atoms with van der Waals surface area (Å²) in [6.45, 7) is 2.34. The number of fused-ring (bicyclic) bond motifs is 1. The van der Waals surface area contributed by atoms with E-state index >= 15 is 0 Å². The number of H-pyrrole nitrogens is 1. The van der Waals surface area contributed by atoms with E-state index in [1.165, 1.54) is 6.33 Å². The second kappa shape index (κ2) is 16.2. The minimum absolute atomic E-state index is 0. The number of benzene rings is 1. The molecule has 0 saturated carbocycles. The molecule has 1 aromatic carbocycles. The molecule has 4 N–H and O–H groups in total. The van der Waals surface area contributed by atoms with Crippen LogP contribution in [0.2, 0.25) is 0 Å². The molecule has 0 aliphatic carbocycles. The Balaban J connectivity index is 0.00000408. The van der Waals surface area contributed by atoms with Gasteiger partial charge in [0, 0.05) is 45.0 Å². The molecule has 2 heterocycles. The highest BCUT2D eigenvalue weighted by Crippen LogP contribution is 2.27. The fourth-order valence-electron chi connectivity index (χ4n) is 3.54. The summed E-state index contributed by atoms with van der Waals surface area (Å²) in [6.07, 6.45) is 3.99. The largest absolute Gasteiger partial charge is 0.481 e. The summed E-state index contributed by atoms with van der Waals surface area (Å²) in [5.41, 5.74) is 3.56. The molecular formula is C23H34Cl3N7O3. The molecule has 200 valence electrons. The van der Waals surface area contributed by atoms with Crippen molar-refractivity contribution < 1.29 is 14.7 Å². The van der Waals surface area contributed by atoms with Crippen molar-refractivity contribution in [2.45, 2.75) is 19.4 Å². The minimum atomic E-state index is -0.815. The summed E-state index contributed by atoms with van der Waals surface area (Å²) in [5, 5.41) is 16.1. The maximum absolute atomic E-state index is 11.9. The van der Waals surface area contributed by atoms with E-state index in [0.29, 0.717) is 31.9 Å². The smallest absolute Gasteiger partial charge is 0.303 e. The van der Waals surface area contributed by atoms with Crippen LogP contribution >= 0.6 is 37.2 Å². The molecule has 0 fully saturated rings. The number of hydrogen-bond donors (Lipinski definition) is 4. The number of aliphatic carboxylic acids is 1. The number of rotatable bonds is 12. The molecule has 0 aliphatic rings. The van der Waals surface area contributed by atoms with Gasteiger partial charge in [0.25, 0.3) is 0 Å². The number of carboxylic acids is 1. The van der Waals surface area contributed by atoms with E-state index in [9.17, 15) is 9.59 Å². The summed E-state index contributed by atoms with van der Waals surface area (Å²) >= 11 is 0. The lowest BCUT2D eigenvalue weighted by molar-refractivity contribution is -0.137. The number of aryl methyl sites for hydroxylation is 1. The average molecular weight is 563 g/mol. The lowest BCUT2D eigenvalue weighted by Crippen LogP contribution is -2.38. The highest BCUT2D eigenvalue weighted by Gasteiger charge is 2.14. The Labute approximate surface area is 229 Å². The first kappa shape index (κ1) is 33.4. The molecule has 13 heteroatoms. The topological polar surface area (TPSA) is 126 Å². The molecule has 0 unspecified atom stereocenters. The number of anilines is 2. The number of aromatic nitrogens is 3. The summed E-state index contributed by atoms with van der Waals surface area (Å²) in [4.78, 5) is 38.7. The summed E-state index contributed by atoms with van der Waals surface area (Å²) in [6, 6.07) is 7.68. The van der Waals surface area contributed by atoms with Gasteiger partial charge in [-0.15, -0.1) is 37.2 Å². The highest BCUT2D eigenvalue weighted by atomic mass is 35.5. The zero-order chi connectivity index (χ0) is 23.8. The van der Waals surface area contributed by atoms with Crippen molar-refractivity contribution in [3.05, 3.63) is 47.9 Å². The summed E-state index contributed by atoms with van der Waals surface area (Å²) in [7, 11) is 5.58. The molecule has 3 aromatic rings. The van der Waals surface area contributed by atoms with E-state index < -0.39 is 5.97 Å². The molecule has 36 heavy (non-hydrogen) atoms. The molecule has 10 nitrogen and oxygen atoms in total. The highest BCUT2D eigenvalue weighted by molar-refractivity contribution is 5.92. The molecule has 0 atom stereocenters. The van der Waals surface area contributed by atoms with E-state index in [1.54, 1.807) is 19.0 Å². The number of carboxylic acid groups (broad SMARTS) is 1. The van der Waals surface area contributed by atoms with Gasteiger partial charge in [0.05, 0.1) is 11.9 Å². The number of nitrogens with zero attached hydrogens (tertiary/aromatic N) is 4. The van der Waals surface area contributed by atoms with Crippen LogP contribution in [0.4, 0.5) is 11.5 Å². The second-order valence-electron chi connectivity index (χ2n) is 8.06. The van der Waals surface area contributed by atoms with Crippen molar-refractivity contribution in [2.24, 2.45) is 0 Å². The van der Waals surface area contributed by atoms with Gasteiger partial charge in [0.2, 0.25) is 5.91 Å². The van der Waals surface area contributed by atoms with Crippen LogP contribution in [-0.4, -0.2) is 82.5 Å². The van der Waals surface area contributed by atoms with E-state index in [-0.39, 0.29) is 49.5 Å². The number of carbonyl (C=O) groups excluding carboxylic acids is 1. The van der Waals surface area contributed by atoms with Gasteiger partial charge in [0.15, 0.2) is 0 Å². The molecule has 1 amide bonds. The quantitative estimate of drug-likeness (QED) is 0.265. The van der Waals surface area contributed by atoms with Crippen LogP contribution in [0.3, 0.4) is 0 Å². The van der Waals surface area contributed by atoms with Crippen LogP contribution in [0.15, 0.2) is 36.8 Å². The molecule has 0 saturated heterocycles. The van der Waals surface area contributed by atoms with Crippen molar-refractivity contribution in [1.29, 1.82) is 0 Å². The lowest BCUT2D eigenvalue weighted by Gasteiger charge is -2.22. The number of nitrogens with one attached hydrogen (secondary N) is 3. The fraction of sp³-hybridized carbons (Fsp3) is 0.391.